The molecular formula is C19H17BBrF3N2. The predicted molar refractivity (Wildman–Crippen MR) is 102 cm³/mol. The second-order valence-electron chi connectivity index (χ2n) is 6.96. The third kappa shape index (κ3) is 2.16. The van der Waals surface area contributed by atoms with Crippen LogP contribution in [0.15, 0.2) is 46.1 Å². The summed E-state index contributed by atoms with van der Waals surface area (Å²) >= 11 is 3.42. The van der Waals surface area contributed by atoms with Crippen LogP contribution < -0.4 is 0 Å². The van der Waals surface area contributed by atoms with E-state index in [4.69, 9.17) is 0 Å². The molecule has 1 aromatic carbocycles. The molecule has 0 atom stereocenters. The average Bonchev–Trinajstić information content (AvgIpc) is 2.99. The molecule has 0 amide bonds. The Morgan fingerprint density at radius 3 is 2.42 bits per heavy atom. The van der Waals surface area contributed by atoms with E-state index in [1.54, 1.807) is 32.1 Å². The van der Waals surface area contributed by atoms with Crippen molar-refractivity contribution in [2.24, 2.45) is 0 Å². The van der Waals surface area contributed by atoms with Crippen LogP contribution >= 0.6 is 15.9 Å². The first-order chi connectivity index (χ1) is 12.1. The summed E-state index contributed by atoms with van der Waals surface area (Å²) in [6.45, 7) is 3.06. The van der Waals surface area contributed by atoms with Gasteiger partial charge in [0, 0.05) is 34.3 Å². The summed E-state index contributed by atoms with van der Waals surface area (Å²) in [6, 6.07) is 6.14. The van der Waals surface area contributed by atoms with Gasteiger partial charge in [-0.25, -0.2) is 4.39 Å². The van der Waals surface area contributed by atoms with Gasteiger partial charge in [0.1, 0.15) is 11.5 Å². The molecule has 7 heteroatoms. The number of benzene rings is 1. The van der Waals surface area contributed by atoms with E-state index >= 15 is 8.63 Å². The first-order valence-corrected chi connectivity index (χ1v) is 9.16. The van der Waals surface area contributed by atoms with Gasteiger partial charge in [0.05, 0.1) is 5.57 Å². The van der Waals surface area contributed by atoms with Crippen molar-refractivity contribution in [2.45, 2.75) is 27.7 Å². The maximum absolute atomic E-state index is 15.5. The molecule has 2 aromatic rings. The Morgan fingerprint density at radius 2 is 1.77 bits per heavy atom. The standard InChI is InChI=1S/C19H17BBrF3N2/c1-10-7-12(3)25-18(10)17(15-6-5-14(22)9-16(15)21)19-11(2)8-13(4)26(19)20(25,23)24/h5-9H,1-4H3. The fourth-order valence-electron chi connectivity index (χ4n) is 4.25. The van der Waals surface area contributed by atoms with Crippen molar-refractivity contribution in [1.29, 1.82) is 0 Å². The van der Waals surface area contributed by atoms with Crippen molar-refractivity contribution in [3.63, 3.8) is 0 Å². The zero-order valence-corrected chi connectivity index (χ0v) is 16.5. The Labute approximate surface area is 158 Å². The summed E-state index contributed by atoms with van der Waals surface area (Å²) in [4.78, 5) is 0. The number of halogens is 4. The molecule has 0 fully saturated rings. The fraction of sp³-hybridized carbons (Fsp3) is 0.211. The first kappa shape index (κ1) is 17.4. The topological polar surface area (TPSA) is 7.94 Å². The van der Waals surface area contributed by atoms with Crippen molar-refractivity contribution in [3.05, 3.63) is 74.4 Å². The smallest absolute Gasteiger partial charge is 0.393 e. The average molecular weight is 421 g/mol. The minimum Gasteiger partial charge on any atom is -0.393 e. The highest BCUT2D eigenvalue weighted by molar-refractivity contribution is 9.10. The summed E-state index contributed by atoms with van der Waals surface area (Å²) < 4.78 is 47.4. The second-order valence-corrected chi connectivity index (χ2v) is 7.82. The summed E-state index contributed by atoms with van der Waals surface area (Å²) in [6.07, 6.45) is 1.78. The SMILES string of the molecule is CC1=CC(C)=[N+]2C1=C(c1ccc(F)cc1Br)c1c(C)cc(C)n1[B-]2(F)F. The van der Waals surface area contributed by atoms with Gasteiger partial charge in [0.2, 0.25) is 0 Å². The number of nitrogens with zero attached hydrogens (tertiary/aromatic N) is 2. The van der Waals surface area contributed by atoms with Crippen molar-refractivity contribution >= 4 is 34.2 Å². The molecule has 2 aliphatic heterocycles. The Hall–Kier alpha value is -2.02. The van der Waals surface area contributed by atoms with Gasteiger partial charge >= 0.3 is 6.97 Å². The number of hydrogen-bond donors (Lipinski definition) is 0. The molecular weight excluding hydrogens is 404 g/mol. The molecule has 0 unspecified atom stereocenters. The number of allylic oxidation sites excluding steroid dienone is 2. The van der Waals surface area contributed by atoms with Crippen molar-refractivity contribution in [1.82, 2.24) is 4.48 Å². The van der Waals surface area contributed by atoms with Gasteiger partial charge in [-0.15, -0.1) is 0 Å². The van der Waals surface area contributed by atoms with E-state index < -0.39 is 6.97 Å². The van der Waals surface area contributed by atoms with E-state index in [0.717, 1.165) is 20.1 Å². The molecule has 2 nitrogen and oxygen atoms in total. The molecule has 26 heavy (non-hydrogen) atoms. The van der Waals surface area contributed by atoms with Crippen molar-refractivity contribution in [2.75, 3.05) is 0 Å². The Balaban J connectivity index is 2.20. The Kier molecular flexibility index (Phi) is 3.67. The Bertz CT molecular complexity index is 1080. The zero-order chi connectivity index (χ0) is 19.0. The van der Waals surface area contributed by atoms with Gasteiger partial charge in [-0.05, 0) is 50.2 Å². The molecule has 3 heterocycles. The van der Waals surface area contributed by atoms with Gasteiger partial charge < -0.3 is 17.6 Å². The first-order valence-electron chi connectivity index (χ1n) is 8.37. The second kappa shape index (κ2) is 5.49. The molecule has 134 valence electrons. The van der Waals surface area contributed by atoms with Crippen LogP contribution in [0.2, 0.25) is 0 Å². The lowest BCUT2D eigenvalue weighted by Crippen LogP contribution is -2.51. The van der Waals surface area contributed by atoms with E-state index in [9.17, 15) is 4.39 Å². The predicted octanol–water partition coefficient (Wildman–Crippen LogP) is 5.44. The van der Waals surface area contributed by atoms with E-state index in [-0.39, 0.29) is 5.82 Å². The largest absolute Gasteiger partial charge is 0.737 e. The molecule has 1 aromatic heterocycles. The van der Waals surface area contributed by atoms with Gasteiger partial charge in [-0.1, -0.05) is 22.0 Å². The number of fused-ring (bicyclic) bond motifs is 2. The lowest BCUT2D eigenvalue weighted by atomic mass is 9.84. The minimum absolute atomic E-state index is 0.377. The summed E-state index contributed by atoms with van der Waals surface area (Å²) in [7, 11) is 0. The minimum atomic E-state index is -4.00. The molecule has 0 saturated carbocycles. The molecule has 0 N–H and O–H groups in total. The van der Waals surface area contributed by atoms with E-state index in [1.807, 2.05) is 13.8 Å². The third-order valence-corrected chi connectivity index (χ3v) is 5.79. The summed E-state index contributed by atoms with van der Waals surface area (Å²) in [5.41, 5.74) is 4.95. The molecule has 2 aliphatic rings. The van der Waals surface area contributed by atoms with Gasteiger partial charge in [-0.2, -0.15) is 0 Å². The fourth-order valence-corrected chi connectivity index (χ4v) is 4.80. The van der Waals surface area contributed by atoms with Crippen LogP contribution in [0.25, 0.3) is 5.57 Å². The van der Waals surface area contributed by atoms with Crippen LogP contribution in [0, 0.1) is 19.7 Å². The van der Waals surface area contributed by atoms with E-state index in [0.29, 0.717) is 38.4 Å². The van der Waals surface area contributed by atoms with Crippen LogP contribution in [-0.2, 0) is 0 Å². The quantitative estimate of drug-likeness (QED) is 0.543. The number of rotatable bonds is 1. The molecule has 0 radical (unpaired) electrons. The van der Waals surface area contributed by atoms with Crippen molar-refractivity contribution < 1.29 is 17.5 Å². The number of aromatic nitrogens is 1. The monoisotopic (exact) mass is 420 g/mol. The van der Waals surface area contributed by atoms with Gasteiger partial charge in [-0.3, -0.25) is 0 Å². The molecule has 0 bridgehead atoms. The highest BCUT2D eigenvalue weighted by Crippen LogP contribution is 2.45. The Morgan fingerprint density at radius 1 is 1.08 bits per heavy atom. The highest BCUT2D eigenvalue weighted by atomic mass is 79.9. The molecule has 0 aliphatic carbocycles. The van der Waals surface area contributed by atoms with E-state index in [2.05, 4.69) is 15.9 Å². The van der Waals surface area contributed by atoms with E-state index in [1.165, 1.54) is 12.1 Å². The van der Waals surface area contributed by atoms with Crippen molar-refractivity contribution in [3.8, 4) is 0 Å². The molecule has 0 saturated heterocycles. The van der Waals surface area contributed by atoms with Gasteiger partial charge in [0.25, 0.3) is 0 Å². The maximum Gasteiger partial charge on any atom is 0.737 e. The van der Waals surface area contributed by atoms with Gasteiger partial charge in [0.15, 0.2) is 5.70 Å². The normalized spacial score (nSPS) is 18.2. The summed E-state index contributed by atoms with van der Waals surface area (Å²) in [5.74, 6) is -0.377. The van der Waals surface area contributed by atoms with Crippen LogP contribution in [-0.4, -0.2) is 21.6 Å². The molecule has 4 rings (SSSR count). The number of aryl methyl sites for hydroxylation is 2. The number of hydrogen-bond acceptors (Lipinski definition) is 0. The maximum atomic E-state index is 15.5. The van der Waals surface area contributed by atoms with Crippen LogP contribution in [0.3, 0.4) is 0 Å². The third-order valence-electron chi connectivity index (χ3n) is 5.13. The van der Waals surface area contributed by atoms with Crippen LogP contribution in [0.1, 0.15) is 36.4 Å². The van der Waals surface area contributed by atoms with Crippen LogP contribution in [0.4, 0.5) is 13.0 Å². The van der Waals surface area contributed by atoms with Crippen LogP contribution in [0.5, 0.6) is 0 Å². The lowest BCUT2D eigenvalue weighted by Gasteiger charge is -2.34. The molecule has 0 spiro atoms. The summed E-state index contributed by atoms with van der Waals surface area (Å²) in [5, 5.41) is 0. The lowest BCUT2D eigenvalue weighted by molar-refractivity contribution is -0.363. The highest BCUT2D eigenvalue weighted by Gasteiger charge is 2.55. The zero-order valence-electron chi connectivity index (χ0n) is 14.9.